The van der Waals surface area contributed by atoms with Crippen LogP contribution in [0.25, 0.3) is 0 Å². The van der Waals surface area contributed by atoms with Crippen molar-refractivity contribution in [3.8, 4) is 0 Å². The van der Waals surface area contributed by atoms with E-state index in [1.54, 1.807) is 0 Å². The van der Waals surface area contributed by atoms with E-state index in [2.05, 4.69) is 26.1 Å². The maximum absolute atomic E-state index is 5.67. The highest BCUT2D eigenvalue weighted by molar-refractivity contribution is 4.84. The molecule has 0 aromatic heterocycles. The molecule has 0 aromatic rings. The van der Waals surface area contributed by atoms with Crippen molar-refractivity contribution in [3.63, 3.8) is 0 Å². The summed E-state index contributed by atoms with van der Waals surface area (Å²) in [6.07, 6.45) is 6.87. The topological polar surface area (TPSA) is 21.3 Å². The van der Waals surface area contributed by atoms with Crippen molar-refractivity contribution < 1.29 is 4.74 Å². The molecule has 3 atom stereocenters. The van der Waals surface area contributed by atoms with Gasteiger partial charge in [0.2, 0.25) is 0 Å². The third-order valence-electron chi connectivity index (χ3n) is 3.48. The van der Waals surface area contributed by atoms with E-state index in [1.807, 2.05) is 0 Å². The minimum atomic E-state index is 0.455. The molecule has 0 bridgehead atoms. The van der Waals surface area contributed by atoms with Gasteiger partial charge in [0.05, 0.1) is 6.10 Å². The van der Waals surface area contributed by atoms with Crippen LogP contribution < -0.4 is 5.32 Å². The molecule has 1 rings (SSSR count). The third-order valence-corrected chi connectivity index (χ3v) is 3.48. The Morgan fingerprint density at radius 1 is 1.33 bits per heavy atom. The van der Waals surface area contributed by atoms with E-state index in [4.69, 9.17) is 4.74 Å². The standard InChI is InChI=1S/C13H27NO/c1-4-6-7-13(14-9-5-2)12-8-10-15-11(12)3/h11-14H,4-10H2,1-3H3. The second kappa shape index (κ2) is 7.24. The zero-order valence-electron chi connectivity index (χ0n) is 10.6. The van der Waals surface area contributed by atoms with Gasteiger partial charge in [-0.1, -0.05) is 26.7 Å². The highest BCUT2D eigenvalue weighted by Gasteiger charge is 2.30. The Morgan fingerprint density at radius 2 is 2.13 bits per heavy atom. The molecule has 1 fully saturated rings. The van der Waals surface area contributed by atoms with Gasteiger partial charge in [0.25, 0.3) is 0 Å². The fraction of sp³-hybridized carbons (Fsp3) is 1.00. The number of rotatable bonds is 7. The Kier molecular flexibility index (Phi) is 6.26. The van der Waals surface area contributed by atoms with Crippen LogP contribution in [0.2, 0.25) is 0 Å². The average molecular weight is 213 g/mol. The smallest absolute Gasteiger partial charge is 0.0590 e. The van der Waals surface area contributed by atoms with E-state index < -0.39 is 0 Å². The van der Waals surface area contributed by atoms with Gasteiger partial charge < -0.3 is 10.1 Å². The first-order chi connectivity index (χ1) is 7.29. The Morgan fingerprint density at radius 3 is 2.67 bits per heavy atom. The average Bonchev–Trinajstić information content (AvgIpc) is 2.65. The SMILES string of the molecule is CCCCC(NCCC)C1CCOC1C. The maximum Gasteiger partial charge on any atom is 0.0590 e. The minimum absolute atomic E-state index is 0.455. The lowest BCUT2D eigenvalue weighted by Gasteiger charge is -2.27. The molecule has 1 aliphatic rings. The van der Waals surface area contributed by atoms with E-state index >= 15 is 0 Å². The summed E-state index contributed by atoms with van der Waals surface area (Å²) < 4.78 is 5.67. The number of nitrogens with one attached hydrogen (secondary N) is 1. The third kappa shape index (κ3) is 4.12. The molecule has 15 heavy (non-hydrogen) atoms. The zero-order valence-corrected chi connectivity index (χ0v) is 10.6. The maximum atomic E-state index is 5.67. The molecule has 1 N–H and O–H groups in total. The number of unbranched alkanes of at least 4 members (excludes halogenated alkanes) is 1. The molecule has 1 heterocycles. The summed E-state index contributed by atoms with van der Waals surface area (Å²) in [6.45, 7) is 8.84. The van der Waals surface area contributed by atoms with Gasteiger partial charge in [-0.25, -0.2) is 0 Å². The van der Waals surface area contributed by atoms with E-state index in [9.17, 15) is 0 Å². The molecule has 3 unspecified atom stereocenters. The van der Waals surface area contributed by atoms with Gasteiger partial charge >= 0.3 is 0 Å². The molecule has 90 valence electrons. The van der Waals surface area contributed by atoms with E-state index in [1.165, 1.54) is 32.1 Å². The predicted octanol–water partition coefficient (Wildman–Crippen LogP) is 2.97. The monoisotopic (exact) mass is 213 g/mol. The van der Waals surface area contributed by atoms with Crippen LogP contribution in [0.4, 0.5) is 0 Å². The highest BCUT2D eigenvalue weighted by atomic mass is 16.5. The lowest BCUT2D eigenvalue weighted by Crippen LogP contribution is -2.39. The zero-order chi connectivity index (χ0) is 11.1. The van der Waals surface area contributed by atoms with E-state index in [-0.39, 0.29) is 0 Å². The fourth-order valence-corrected chi connectivity index (χ4v) is 2.50. The first-order valence-electron chi connectivity index (χ1n) is 6.64. The van der Waals surface area contributed by atoms with Crippen molar-refractivity contribution in [2.75, 3.05) is 13.2 Å². The van der Waals surface area contributed by atoms with E-state index in [0.717, 1.165) is 19.1 Å². The summed E-state index contributed by atoms with van der Waals surface area (Å²) in [4.78, 5) is 0. The number of hydrogen-bond acceptors (Lipinski definition) is 2. The van der Waals surface area contributed by atoms with Crippen molar-refractivity contribution in [2.24, 2.45) is 5.92 Å². The lowest BCUT2D eigenvalue weighted by atomic mass is 9.90. The largest absolute Gasteiger partial charge is 0.378 e. The van der Waals surface area contributed by atoms with Crippen molar-refractivity contribution in [1.29, 1.82) is 0 Å². The summed E-state index contributed by atoms with van der Waals surface area (Å²) in [5, 5.41) is 3.70. The summed E-state index contributed by atoms with van der Waals surface area (Å²) in [6, 6.07) is 0.683. The Bertz CT molecular complexity index is 153. The number of hydrogen-bond donors (Lipinski definition) is 1. The molecule has 0 spiro atoms. The Hall–Kier alpha value is -0.0800. The molecule has 1 saturated heterocycles. The van der Waals surface area contributed by atoms with Gasteiger partial charge in [0.15, 0.2) is 0 Å². The highest BCUT2D eigenvalue weighted by Crippen LogP contribution is 2.26. The molecule has 1 aliphatic heterocycles. The first kappa shape index (κ1) is 13.0. The molecule has 2 heteroatoms. The molecular weight excluding hydrogens is 186 g/mol. The van der Waals surface area contributed by atoms with Crippen LogP contribution in [0.3, 0.4) is 0 Å². The minimum Gasteiger partial charge on any atom is -0.378 e. The van der Waals surface area contributed by atoms with Gasteiger partial charge in [0.1, 0.15) is 0 Å². The second-order valence-electron chi connectivity index (χ2n) is 4.73. The van der Waals surface area contributed by atoms with Crippen molar-refractivity contribution >= 4 is 0 Å². The Balaban J connectivity index is 2.38. The molecule has 0 aliphatic carbocycles. The van der Waals surface area contributed by atoms with E-state index in [0.29, 0.717) is 12.1 Å². The quantitative estimate of drug-likeness (QED) is 0.702. The summed E-state index contributed by atoms with van der Waals surface area (Å²) in [5.41, 5.74) is 0. The molecule has 2 nitrogen and oxygen atoms in total. The predicted molar refractivity (Wildman–Crippen MR) is 65.1 cm³/mol. The van der Waals surface area contributed by atoms with Crippen molar-refractivity contribution in [1.82, 2.24) is 5.32 Å². The number of ether oxygens (including phenoxy) is 1. The first-order valence-corrected chi connectivity index (χ1v) is 6.64. The van der Waals surface area contributed by atoms with Crippen LogP contribution in [0.15, 0.2) is 0 Å². The van der Waals surface area contributed by atoms with Gasteiger partial charge in [0, 0.05) is 18.6 Å². The molecule has 0 radical (unpaired) electrons. The van der Waals surface area contributed by atoms with Crippen LogP contribution in [0, 0.1) is 5.92 Å². The summed E-state index contributed by atoms with van der Waals surface area (Å²) in [7, 11) is 0. The molecule has 0 saturated carbocycles. The summed E-state index contributed by atoms with van der Waals surface area (Å²) in [5.74, 6) is 0.739. The summed E-state index contributed by atoms with van der Waals surface area (Å²) >= 11 is 0. The molecule has 0 aromatic carbocycles. The normalized spacial score (nSPS) is 28.2. The van der Waals surface area contributed by atoms with Crippen LogP contribution >= 0.6 is 0 Å². The molecule has 0 amide bonds. The molecular formula is C13H27NO. The second-order valence-corrected chi connectivity index (χ2v) is 4.73. The fourth-order valence-electron chi connectivity index (χ4n) is 2.50. The van der Waals surface area contributed by atoms with Crippen LogP contribution in [0.1, 0.15) is 52.9 Å². The van der Waals surface area contributed by atoms with Gasteiger partial charge in [-0.15, -0.1) is 0 Å². The van der Waals surface area contributed by atoms with Gasteiger partial charge in [-0.3, -0.25) is 0 Å². The Labute approximate surface area is 94.8 Å². The van der Waals surface area contributed by atoms with Crippen LogP contribution in [-0.4, -0.2) is 25.3 Å². The van der Waals surface area contributed by atoms with Gasteiger partial charge in [-0.2, -0.15) is 0 Å². The van der Waals surface area contributed by atoms with Crippen LogP contribution in [0.5, 0.6) is 0 Å². The van der Waals surface area contributed by atoms with Crippen LogP contribution in [-0.2, 0) is 4.74 Å². The lowest BCUT2D eigenvalue weighted by molar-refractivity contribution is 0.0940. The van der Waals surface area contributed by atoms with Crippen molar-refractivity contribution in [2.45, 2.75) is 65.0 Å². The van der Waals surface area contributed by atoms with Gasteiger partial charge in [-0.05, 0) is 32.7 Å². The van der Waals surface area contributed by atoms with Crippen molar-refractivity contribution in [3.05, 3.63) is 0 Å².